The minimum atomic E-state index is -0.158. The highest BCUT2D eigenvalue weighted by molar-refractivity contribution is 6.11. The molecule has 0 aliphatic heterocycles. The molecule has 0 N–H and O–H groups in total. The van der Waals surface area contributed by atoms with Crippen molar-refractivity contribution < 1.29 is 13.3 Å². The average molecular weight is 771 g/mol. The molecule has 13 rings (SSSR count). The van der Waals surface area contributed by atoms with Gasteiger partial charge in [-0.05, 0) is 117 Å². The smallest absolute Gasteiger partial charge is 0.139 e. The van der Waals surface area contributed by atoms with E-state index in [9.17, 15) is 0 Å². The first-order valence-electron chi connectivity index (χ1n) is 20.9. The Labute approximate surface area is 346 Å². The molecule has 0 spiro atoms. The zero-order valence-electron chi connectivity index (χ0n) is 33.2. The SMILES string of the molecule is CC1(C)c2c(ccc3c2oc2ccc(-c4ccc5oc6ccc(-c7ccccc7)cc6c5c4)cc23)C2C=CC(c3ccc4oc5ccc(-c6ccccc6)cc5c4c3)=CC21. The van der Waals surface area contributed by atoms with Gasteiger partial charge >= 0.3 is 0 Å². The maximum atomic E-state index is 6.86. The Balaban J connectivity index is 0.867. The molecule has 0 saturated carbocycles. The number of hydrogen-bond donors (Lipinski definition) is 0. The lowest BCUT2D eigenvalue weighted by atomic mass is 9.72. The molecule has 2 atom stereocenters. The van der Waals surface area contributed by atoms with Gasteiger partial charge in [-0.15, -0.1) is 0 Å². The van der Waals surface area contributed by atoms with E-state index in [1.807, 2.05) is 0 Å². The van der Waals surface area contributed by atoms with Crippen molar-refractivity contribution >= 4 is 71.4 Å². The maximum Gasteiger partial charge on any atom is 0.139 e. The fourth-order valence-electron chi connectivity index (χ4n) is 10.5. The third kappa shape index (κ3) is 4.90. The molecule has 0 saturated heterocycles. The molecule has 2 aliphatic rings. The largest absolute Gasteiger partial charge is 0.456 e. The molecule has 3 heteroatoms. The number of fused-ring (bicyclic) bond motifs is 13. The van der Waals surface area contributed by atoms with Crippen LogP contribution in [0.5, 0.6) is 0 Å². The average Bonchev–Trinajstić information content (AvgIpc) is 4.03. The van der Waals surface area contributed by atoms with Crippen LogP contribution in [0, 0.1) is 5.92 Å². The summed E-state index contributed by atoms with van der Waals surface area (Å²) in [5.41, 5.74) is 17.6. The fourth-order valence-corrected chi connectivity index (χ4v) is 10.5. The van der Waals surface area contributed by atoms with Crippen molar-refractivity contribution in [3.8, 4) is 33.4 Å². The first kappa shape index (κ1) is 33.6. The van der Waals surface area contributed by atoms with Crippen LogP contribution in [0.25, 0.3) is 105 Å². The standard InChI is InChI=1S/C57H38O3/c1-57(2)49-32-40(39-17-25-53-48(31-39)46-28-36(15-23-51(46)59-53)34-11-7-4-8-12-34)13-19-41(49)42-20-21-43-44-29-37(18-26-54(44)60-56(43)55(42)57)38-16-24-52-47(30-38)45-27-35(14-22-50(45)58-52)33-9-5-3-6-10-33/h3-32,41,49H,1-2H3. The Morgan fingerprint density at radius 2 is 0.833 bits per heavy atom. The Morgan fingerprint density at radius 1 is 0.400 bits per heavy atom. The summed E-state index contributed by atoms with van der Waals surface area (Å²) < 4.78 is 19.5. The molecule has 3 nitrogen and oxygen atoms in total. The second-order valence-electron chi connectivity index (χ2n) is 17.3. The third-order valence-electron chi connectivity index (χ3n) is 13.6. The van der Waals surface area contributed by atoms with Crippen LogP contribution in [0.1, 0.15) is 36.5 Å². The van der Waals surface area contributed by atoms with Gasteiger partial charge in [-0.1, -0.05) is 135 Å². The molecule has 0 bridgehead atoms. The van der Waals surface area contributed by atoms with Crippen LogP contribution >= 0.6 is 0 Å². The molecule has 2 aliphatic carbocycles. The van der Waals surface area contributed by atoms with Crippen LogP contribution in [0.3, 0.4) is 0 Å². The molecule has 3 heterocycles. The van der Waals surface area contributed by atoms with E-state index in [0.29, 0.717) is 0 Å². The molecule has 284 valence electrons. The normalized spacial score (nSPS) is 17.0. The molecule has 8 aromatic carbocycles. The van der Waals surface area contributed by atoms with E-state index in [1.54, 1.807) is 0 Å². The number of furan rings is 3. The summed E-state index contributed by atoms with van der Waals surface area (Å²) in [4.78, 5) is 0. The van der Waals surface area contributed by atoms with E-state index in [0.717, 1.165) is 71.6 Å². The number of hydrogen-bond acceptors (Lipinski definition) is 3. The minimum absolute atomic E-state index is 0.158. The van der Waals surface area contributed by atoms with E-state index in [2.05, 4.69) is 196 Å². The zero-order valence-corrected chi connectivity index (χ0v) is 33.2. The number of rotatable bonds is 4. The summed E-state index contributed by atoms with van der Waals surface area (Å²) in [6.07, 6.45) is 7.25. The van der Waals surface area contributed by atoms with E-state index in [-0.39, 0.29) is 17.3 Å². The van der Waals surface area contributed by atoms with Crippen molar-refractivity contribution in [2.75, 3.05) is 0 Å². The second-order valence-corrected chi connectivity index (χ2v) is 17.3. The van der Waals surface area contributed by atoms with Crippen LogP contribution in [0.4, 0.5) is 0 Å². The molecule has 0 fully saturated rings. The van der Waals surface area contributed by atoms with Crippen LogP contribution in [0.2, 0.25) is 0 Å². The van der Waals surface area contributed by atoms with Gasteiger partial charge in [0.1, 0.15) is 33.5 Å². The quantitative estimate of drug-likeness (QED) is 0.179. The summed E-state index contributed by atoms with van der Waals surface area (Å²) in [5.74, 6) is 0.556. The van der Waals surface area contributed by atoms with Gasteiger partial charge in [0.15, 0.2) is 0 Å². The highest BCUT2D eigenvalue weighted by Gasteiger charge is 2.47. The second kappa shape index (κ2) is 12.3. The molecule has 2 unspecified atom stereocenters. The van der Waals surface area contributed by atoms with Crippen molar-refractivity contribution in [2.45, 2.75) is 25.2 Å². The van der Waals surface area contributed by atoms with Crippen LogP contribution in [0.15, 0.2) is 195 Å². The third-order valence-corrected chi connectivity index (χ3v) is 13.6. The highest BCUT2D eigenvalue weighted by atomic mass is 16.3. The molecule has 3 aromatic heterocycles. The molecular weight excluding hydrogens is 733 g/mol. The van der Waals surface area contributed by atoms with Crippen LogP contribution in [-0.2, 0) is 5.41 Å². The van der Waals surface area contributed by atoms with Crippen molar-refractivity contribution in [1.29, 1.82) is 0 Å². The van der Waals surface area contributed by atoms with Gasteiger partial charge in [0, 0.05) is 49.2 Å². The molecule has 11 aromatic rings. The maximum absolute atomic E-state index is 6.86. The Hall–Kier alpha value is -7.36. The summed E-state index contributed by atoms with van der Waals surface area (Å²) in [5, 5.41) is 6.84. The first-order valence-corrected chi connectivity index (χ1v) is 20.9. The summed E-state index contributed by atoms with van der Waals surface area (Å²) in [6.45, 7) is 4.79. The Bertz CT molecular complexity index is 3630. The molecular formula is C57H38O3. The number of allylic oxidation sites excluding steroid dienone is 4. The van der Waals surface area contributed by atoms with Crippen LogP contribution in [-0.4, -0.2) is 0 Å². The van der Waals surface area contributed by atoms with E-state index >= 15 is 0 Å². The lowest BCUT2D eigenvalue weighted by Crippen LogP contribution is -2.25. The van der Waals surface area contributed by atoms with Gasteiger partial charge in [-0.25, -0.2) is 0 Å². The van der Waals surface area contributed by atoms with Crippen molar-refractivity contribution in [3.63, 3.8) is 0 Å². The van der Waals surface area contributed by atoms with Crippen LogP contribution < -0.4 is 0 Å². The van der Waals surface area contributed by atoms with Crippen molar-refractivity contribution in [1.82, 2.24) is 0 Å². The van der Waals surface area contributed by atoms with Gasteiger partial charge in [0.05, 0.1) is 0 Å². The van der Waals surface area contributed by atoms with Gasteiger partial charge in [-0.3, -0.25) is 0 Å². The minimum Gasteiger partial charge on any atom is -0.456 e. The Morgan fingerprint density at radius 3 is 1.35 bits per heavy atom. The van der Waals surface area contributed by atoms with E-state index in [1.165, 1.54) is 49.9 Å². The number of benzene rings is 8. The predicted molar refractivity (Wildman–Crippen MR) is 247 cm³/mol. The zero-order chi connectivity index (χ0) is 39.7. The fraction of sp³-hybridized carbons (Fsp3) is 0.0877. The summed E-state index contributed by atoms with van der Waals surface area (Å²) in [7, 11) is 0. The van der Waals surface area contributed by atoms with Crippen molar-refractivity contribution in [3.05, 3.63) is 199 Å². The first-order chi connectivity index (χ1) is 29.4. The summed E-state index contributed by atoms with van der Waals surface area (Å²) in [6, 6.07) is 58.6. The van der Waals surface area contributed by atoms with Gasteiger partial charge in [-0.2, -0.15) is 0 Å². The molecule has 60 heavy (non-hydrogen) atoms. The molecule has 0 amide bonds. The van der Waals surface area contributed by atoms with Gasteiger partial charge in [0.25, 0.3) is 0 Å². The lowest BCUT2D eigenvalue weighted by Gasteiger charge is -2.31. The van der Waals surface area contributed by atoms with Gasteiger partial charge in [0.2, 0.25) is 0 Å². The predicted octanol–water partition coefficient (Wildman–Crippen LogP) is 16.0. The Kier molecular flexibility index (Phi) is 6.90. The highest BCUT2D eigenvalue weighted by Crippen LogP contribution is 2.57. The van der Waals surface area contributed by atoms with Gasteiger partial charge < -0.3 is 13.3 Å². The lowest BCUT2D eigenvalue weighted by molar-refractivity contribution is 0.394. The van der Waals surface area contributed by atoms with Crippen molar-refractivity contribution in [2.24, 2.45) is 5.92 Å². The van der Waals surface area contributed by atoms with E-state index < -0.39 is 0 Å². The molecule has 0 radical (unpaired) electrons. The topological polar surface area (TPSA) is 39.4 Å². The monoisotopic (exact) mass is 770 g/mol. The van der Waals surface area contributed by atoms with E-state index in [4.69, 9.17) is 13.3 Å². The summed E-state index contributed by atoms with van der Waals surface area (Å²) >= 11 is 0.